The van der Waals surface area contributed by atoms with Crippen LogP contribution in [0.15, 0.2) is 72.8 Å². The first kappa shape index (κ1) is 64.2. The van der Waals surface area contributed by atoms with Crippen LogP contribution in [0.5, 0.6) is 0 Å². The molecule has 2 aliphatic heterocycles. The lowest BCUT2D eigenvalue weighted by molar-refractivity contribution is -0.140. The van der Waals surface area contributed by atoms with Crippen LogP contribution in [-0.4, -0.2) is 209 Å². The molecule has 4 aromatic heterocycles. The van der Waals surface area contributed by atoms with Gasteiger partial charge in [-0.1, -0.05) is 45.0 Å². The molecule has 9 rings (SSSR count). The number of aryl methyl sites for hydroxylation is 1. The van der Waals surface area contributed by atoms with Crippen LogP contribution in [0.25, 0.3) is 27.3 Å². The fraction of sp³-hybridized carbons (Fsp3) is 0.525. The number of imidazole rings is 1. The molecule has 2 aromatic carbocycles. The second-order valence-electron chi connectivity index (χ2n) is 23.1. The molecule has 1 aliphatic carbocycles. The number of likely N-dealkylation sites (tertiary alicyclic amines) is 1. The molecule has 6 heterocycles. The lowest BCUT2D eigenvalue weighted by Gasteiger charge is -2.34. The molecule has 0 spiro atoms. The lowest BCUT2D eigenvalue weighted by atomic mass is 9.91. The molecule has 0 unspecified atom stereocenters. The predicted molar refractivity (Wildman–Crippen MR) is 323 cm³/mol. The quantitative estimate of drug-likeness (QED) is 0.0302. The molecule has 0 bridgehead atoms. The van der Waals surface area contributed by atoms with Gasteiger partial charge in [0.2, 0.25) is 23.6 Å². The van der Waals surface area contributed by atoms with Gasteiger partial charge in [0.15, 0.2) is 11.5 Å². The number of ether oxygens (including phenoxy) is 5. The zero-order chi connectivity index (χ0) is 61.3. The topological polar surface area (TPSA) is 281 Å². The van der Waals surface area contributed by atoms with Crippen molar-refractivity contribution in [2.75, 3.05) is 124 Å². The molecule has 3 atom stereocenters. The number of aliphatic hydroxyl groups excluding tert-OH is 1. The number of carbonyl (C=O) groups excluding carboxylic acids is 5. The van der Waals surface area contributed by atoms with Gasteiger partial charge in [0, 0.05) is 88.1 Å². The molecule has 3 aliphatic rings. The fourth-order valence-corrected chi connectivity index (χ4v) is 11.1. The number of nitrogens with one attached hydrogen (secondary N) is 5. The number of amides is 5. The Labute approximate surface area is 509 Å². The molecular formula is C61H80FN13O11S. The van der Waals surface area contributed by atoms with Crippen LogP contribution in [0.1, 0.15) is 92.1 Å². The summed E-state index contributed by atoms with van der Waals surface area (Å²) < 4.78 is 45.6. The summed E-state index contributed by atoms with van der Waals surface area (Å²) in [5.74, 6) is -1.17. The number of benzene rings is 2. The molecule has 1 saturated carbocycles. The molecule has 24 nitrogen and oxygen atoms in total. The number of hydrogen-bond donors (Lipinski definition) is 6. The summed E-state index contributed by atoms with van der Waals surface area (Å²) in [7, 11) is 0. The molecule has 26 heteroatoms. The van der Waals surface area contributed by atoms with Gasteiger partial charge in [-0.3, -0.25) is 38.4 Å². The van der Waals surface area contributed by atoms with Gasteiger partial charge in [-0.2, -0.15) is 5.10 Å². The minimum Gasteiger partial charge on any atom is -0.391 e. The molecule has 2 saturated heterocycles. The summed E-state index contributed by atoms with van der Waals surface area (Å²) in [5.41, 5.74) is 7.65. The zero-order valence-electron chi connectivity index (χ0n) is 49.9. The zero-order valence-corrected chi connectivity index (χ0v) is 50.7. The first-order valence-electron chi connectivity index (χ1n) is 29.7. The van der Waals surface area contributed by atoms with Crippen molar-refractivity contribution >= 4 is 58.0 Å². The van der Waals surface area contributed by atoms with Crippen molar-refractivity contribution in [2.45, 2.75) is 83.9 Å². The van der Waals surface area contributed by atoms with E-state index in [4.69, 9.17) is 28.7 Å². The number of halogens is 1. The van der Waals surface area contributed by atoms with E-state index < -0.39 is 29.9 Å². The van der Waals surface area contributed by atoms with Crippen LogP contribution in [0.3, 0.4) is 0 Å². The molecule has 5 amide bonds. The Morgan fingerprint density at radius 3 is 2.07 bits per heavy atom. The minimum atomic E-state index is -0.855. The molecule has 6 N–H and O–H groups in total. The second kappa shape index (κ2) is 31.1. The Balaban J connectivity index is 0.570. The maximum Gasteiger partial charge on any atom is 0.254 e. The summed E-state index contributed by atoms with van der Waals surface area (Å²) in [6, 6.07) is 10.5. The summed E-state index contributed by atoms with van der Waals surface area (Å²) in [6.45, 7) is 13.9. The Kier molecular flexibility index (Phi) is 22.9. The Morgan fingerprint density at radius 2 is 1.47 bits per heavy atom. The number of β-amino-alcohol motifs (C(OH)–C–C–N with tert-alkyl or cyclic N) is 1. The van der Waals surface area contributed by atoms with Crippen molar-refractivity contribution in [3.8, 4) is 21.7 Å². The highest BCUT2D eigenvalue weighted by molar-refractivity contribution is 7.13. The van der Waals surface area contributed by atoms with E-state index in [-0.39, 0.29) is 85.8 Å². The molecule has 0 radical (unpaired) electrons. The van der Waals surface area contributed by atoms with E-state index in [1.54, 1.807) is 41.1 Å². The summed E-state index contributed by atoms with van der Waals surface area (Å²) >= 11 is 1.53. The van der Waals surface area contributed by atoms with Gasteiger partial charge >= 0.3 is 0 Å². The number of anilines is 2. The summed E-state index contributed by atoms with van der Waals surface area (Å²) in [5, 5.41) is 29.3. The Bertz CT molecular complexity index is 3240. The number of aromatic amines is 1. The van der Waals surface area contributed by atoms with Crippen LogP contribution in [-0.2, 0) is 42.9 Å². The average Bonchev–Trinajstić information content (AvgIpc) is 2.09. The average molecular weight is 1220 g/mol. The van der Waals surface area contributed by atoms with Gasteiger partial charge in [0.1, 0.15) is 11.9 Å². The van der Waals surface area contributed by atoms with Gasteiger partial charge in [0.25, 0.3) is 5.91 Å². The van der Waals surface area contributed by atoms with Crippen molar-refractivity contribution in [1.82, 2.24) is 60.2 Å². The number of rotatable bonds is 32. The number of aromatic nitrogens is 6. The number of H-pyrrole nitrogens is 1. The number of thiazole rings is 1. The van der Waals surface area contributed by atoms with Crippen LogP contribution >= 0.6 is 11.3 Å². The van der Waals surface area contributed by atoms with Crippen LogP contribution < -0.4 is 21.3 Å². The maximum atomic E-state index is 15.6. The van der Waals surface area contributed by atoms with Crippen LogP contribution in [0.2, 0.25) is 0 Å². The third-order valence-corrected chi connectivity index (χ3v) is 16.0. The summed E-state index contributed by atoms with van der Waals surface area (Å²) in [4.78, 5) is 86.3. The van der Waals surface area contributed by atoms with E-state index >= 15 is 4.39 Å². The summed E-state index contributed by atoms with van der Waals surface area (Å²) in [6.07, 6.45) is 8.76. The molecular weight excluding hydrogens is 1140 g/mol. The van der Waals surface area contributed by atoms with Crippen molar-refractivity contribution in [3.05, 3.63) is 101 Å². The highest BCUT2D eigenvalue weighted by Gasteiger charge is 2.40. The lowest BCUT2D eigenvalue weighted by Crippen LogP contribution is -2.51. The molecule has 87 heavy (non-hydrogen) atoms. The number of aliphatic hydroxyl groups is 1. The van der Waals surface area contributed by atoms with E-state index in [0.29, 0.717) is 110 Å². The number of piperazine rings is 1. The first-order valence-corrected chi connectivity index (χ1v) is 30.6. The van der Waals surface area contributed by atoms with Gasteiger partial charge in [0.05, 0.1) is 137 Å². The minimum absolute atomic E-state index is 0.0530. The van der Waals surface area contributed by atoms with Gasteiger partial charge in [-0.25, -0.2) is 19.3 Å². The highest BCUT2D eigenvalue weighted by atomic mass is 32.1. The van der Waals surface area contributed by atoms with E-state index in [2.05, 4.69) is 41.4 Å². The van der Waals surface area contributed by atoms with Crippen molar-refractivity contribution in [2.24, 2.45) is 5.41 Å². The smallest absolute Gasteiger partial charge is 0.254 e. The van der Waals surface area contributed by atoms with Gasteiger partial charge in [-0.15, -0.1) is 11.3 Å². The first-order chi connectivity index (χ1) is 42.1. The number of nitrogens with zero attached hydrogens (tertiary/aromatic N) is 8. The third-order valence-electron chi connectivity index (χ3n) is 15.0. The Hall–Kier alpha value is -7.30. The predicted octanol–water partition coefficient (Wildman–Crippen LogP) is 5.03. The third kappa shape index (κ3) is 18.6. The highest BCUT2D eigenvalue weighted by Crippen LogP contribution is 2.41. The maximum absolute atomic E-state index is 15.6. The number of carbonyl (C=O) groups is 5. The van der Waals surface area contributed by atoms with Crippen molar-refractivity contribution in [3.63, 3.8) is 0 Å². The fourth-order valence-electron chi connectivity index (χ4n) is 10.3. The van der Waals surface area contributed by atoms with Crippen molar-refractivity contribution < 1.29 is 57.2 Å². The monoisotopic (exact) mass is 1220 g/mol. The second-order valence-corrected chi connectivity index (χ2v) is 24.0. The van der Waals surface area contributed by atoms with Gasteiger partial charge in [-0.05, 0) is 54.5 Å². The Morgan fingerprint density at radius 1 is 0.816 bits per heavy atom. The SMILES string of the molecule is Cc1ncsc1-c1ccc([C@H](CC(=O)NCCOCCOCCOCCOCCOCCNC(=O)CN2CCN(C(=O)c3ccc(Nc4nc(C5CC5)cn5c(-c6cn[nH]c6)cnc45)c(F)c3)CC2)NC(=O)[C@@H]2C[C@@H](O)CN2C(=O)CC(C)(C)C)cc1. The molecule has 468 valence electrons. The number of hydrogen-bond acceptors (Lipinski definition) is 18. The van der Waals surface area contributed by atoms with Gasteiger partial charge < -0.3 is 59.9 Å². The van der Waals surface area contributed by atoms with E-state index in [1.165, 1.54) is 22.3 Å². The largest absolute Gasteiger partial charge is 0.391 e. The number of fused-ring (bicyclic) bond motifs is 1. The van der Waals surface area contributed by atoms with Crippen LogP contribution in [0.4, 0.5) is 15.9 Å². The van der Waals surface area contributed by atoms with E-state index in [9.17, 15) is 29.1 Å². The van der Waals surface area contributed by atoms with Crippen molar-refractivity contribution in [1.29, 1.82) is 0 Å². The van der Waals surface area contributed by atoms with Crippen LogP contribution in [0, 0.1) is 18.2 Å². The van der Waals surface area contributed by atoms with E-state index in [0.717, 1.165) is 51.5 Å². The standard InChI is InChI=1S/C61H80FN13O11S/c1-40-56(87-39-66-40)43-9-7-41(8-10-43)49(71-59(80)51-30-46(76)36-74(51)55(79)32-61(2,3)4)31-53(77)63-13-19-82-21-23-84-25-27-86-28-26-85-24-22-83-20-14-64-54(78)38-72-15-17-73(18-16-72)60(81)44-11-12-48(47(62)29-44)69-57-58-65-35-52(45-33-67-68-34-45)75(58)37-50(70-57)42-5-6-42/h7-12,29,33-35,37,39,42,46,49,51,76H,5-6,13-28,30-32,36,38H2,1-4H3,(H,63,77)(H,64,78)(H,67,68)(H,69,70)(H,71,80)/t46-,49+,51+/m1/s1. The normalized spacial score (nSPS) is 16.8. The molecule has 3 fully saturated rings. The molecule has 6 aromatic rings. The van der Waals surface area contributed by atoms with E-state index in [1.807, 2.05) is 67.5 Å².